The second-order valence-corrected chi connectivity index (χ2v) is 5.82. The van der Waals surface area contributed by atoms with E-state index < -0.39 is 5.60 Å². The van der Waals surface area contributed by atoms with Crippen LogP contribution < -0.4 is 10.5 Å². The van der Waals surface area contributed by atoms with E-state index >= 15 is 0 Å². The molecule has 0 bridgehead atoms. The Balaban J connectivity index is 2.21. The number of nitrogens with two attached hydrogens (primary N) is 1. The predicted molar refractivity (Wildman–Crippen MR) is 80.6 cm³/mol. The van der Waals surface area contributed by atoms with Crippen LogP contribution in [0.3, 0.4) is 0 Å². The van der Waals surface area contributed by atoms with Crippen LogP contribution >= 0.6 is 0 Å². The Kier molecular flexibility index (Phi) is 4.69. The zero-order valence-electron chi connectivity index (χ0n) is 12.5. The lowest BCUT2D eigenvalue weighted by Crippen LogP contribution is -2.45. The van der Waals surface area contributed by atoms with Crippen LogP contribution in [0.4, 0.5) is 0 Å². The minimum Gasteiger partial charge on any atom is -0.496 e. The Bertz CT molecular complexity index is 529. The first kappa shape index (κ1) is 15.6. The van der Waals surface area contributed by atoms with Gasteiger partial charge in [-0.1, -0.05) is 5.16 Å². The van der Waals surface area contributed by atoms with Crippen molar-refractivity contribution in [2.24, 2.45) is 10.9 Å². The van der Waals surface area contributed by atoms with Gasteiger partial charge >= 0.3 is 0 Å². The summed E-state index contributed by atoms with van der Waals surface area (Å²) in [5.41, 5.74) is 6.60. The number of hydrogen-bond donors (Lipinski definition) is 3. The Morgan fingerprint density at radius 3 is 2.90 bits per heavy atom. The average molecular weight is 293 g/mol. The van der Waals surface area contributed by atoms with Gasteiger partial charge in [0.1, 0.15) is 5.75 Å². The van der Waals surface area contributed by atoms with Crippen molar-refractivity contribution in [1.82, 2.24) is 4.90 Å². The summed E-state index contributed by atoms with van der Waals surface area (Å²) in [7, 11) is 1.62. The van der Waals surface area contributed by atoms with Crippen molar-refractivity contribution in [2.75, 3.05) is 20.2 Å². The molecule has 116 valence electrons. The van der Waals surface area contributed by atoms with E-state index in [1.165, 1.54) is 0 Å². The van der Waals surface area contributed by atoms with Crippen molar-refractivity contribution in [3.63, 3.8) is 0 Å². The third kappa shape index (κ3) is 3.86. The lowest BCUT2D eigenvalue weighted by atomic mass is 9.94. The second-order valence-electron chi connectivity index (χ2n) is 5.82. The van der Waals surface area contributed by atoms with Gasteiger partial charge in [-0.05, 0) is 44.5 Å². The van der Waals surface area contributed by atoms with Crippen LogP contribution in [0.2, 0.25) is 0 Å². The summed E-state index contributed by atoms with van der Waals surface area (Å²) in [6.45, 7) is 4.09. The van der Waals surface area contributed by atoms with E-state index in [9.17, 15) is 5.11 Å². The molecule has 0 amide bonds. The van der Waals surface area contributed by atoms with E-state index in [0.29, 0.717) is 18.7 Å². The molecule has 1 fully saturated rings. The van der Waals surface area contributed by atoms with Crippen molar-refractivity contribution in [3.8, 4) is 5.75 Å². The lowest BCUT2D eigenvalue weighted by Gasteiger charge is -2.37. The van der Waals surface area contributed by atoms with Crippen molar-refractivity contribution in [3.05, 3.63) is 29.3 Å². The zero-order chi connectivity index (χ0) is 15.5. The smallest absolute Gasteiger partial charge is 0.170 e. The fourth-order valence-corrected chi connectivity index (χ4v) is 2.82. The third-order valence-electron chi connectivity index (χ3n) is 3.83. The van der Waals surface area contributed by atoms with E-state index in [-0.39, 0.29) is 5.84 Å². The van der Waals surface area contributed by atoms with Gasteiger partial charge in [0.15, 0.2) is 5.84 Å². The SMILES string of the molecule is COc1ccc(/C(N)=N/O)cc1CN1CCCC(C)(O)C1. The molecular weight excluding hydrogens is 270 g/mol. The van der Waals surface area contributed by atoms with Crippen LogP contribution in [0.15, 0.2) is 23.4 Å². The van der Waals surface area contributed by atoms with Gasteiger partial charge in [0.2, 0.25) is 0 Å². The number of β-amino-alcohol motifs (C(OH)–C–C–N with tert-alkyl or cyclic N) is 1. The molecule has 2 rings (SSSR count). The summed E-state index contributed by atoms with van der Waals surface area (Å²) in [4.78, 5) is 2.19. The highest BCUT2D eigenvalue weighted by molar-refractivity contribution is 5.97. The number of benzene rings is 1. The first-order chi connectivity index (χ1) is 9.95. The number of amidine groups is 1. The Hall–Kier alpha value is -1.79. The molecule has 1 atom stereocenters. The number of aliphatic hydroxyl groups is 1. The van der Waals surface area contributed by atoms with Gasteiger partial charge in [-0.25, -0.2) is 0 Å². The molecule has 21 heavy (non-hydrogen) atoms. The first-order valence-electron chi connectivity index (χ1n) is 7.05. The van der Waals surface area contributed by atoms with E-state index in [0.717, 1.165) is 30.7 Å². The van der Waals surface area contributed by atoms with E-state index in [1.54, 1.807) is 13.2 Å². The Morgan fingerprint density at radius 1 is 1.52 bits per heavy atom. The van der Waals surface area contributed by atoms with Gasteiger partial charge in [-0.2, -0.15) is 0 Å². The van der Waals surface area contributed by atoms with Crippen molar-refractivity contribution < 1.29 is 15.1 Å². The van der Waals surface area contributed by atoms with E-state index in [4.69, 9.17) is 15.7 Å². The molecule has 1 aliphatic rings. The highest BCUT2D eigenvalue weighted by atomic mass is 16.5. The Labute approximate surface area is 124 Å². The predicted octanol–water partition coefficient (Wildman–Crippen LogP) is 1.14. The topological polar surface area (TPSA) is 91.3 Å². The molecule has 4 N–H and O–H groups in total. The van der Waals surface area contributed by atoms with Crippen LogP contribution in [-0.4, -0.2) is 46.8 Å². The maximum atomic E-state index is 10.2. The van der Waals surface area contributed by atoms with Gasteiger partial charge in [0, 0.05) is 24.2 Å². The molecule has 1 unspecified atom stereocenters. The number of methoxy groups -OCH3 is 1. The fraction of sp³-hybridized carbons (Fsp3) is 0.533. The molecule has 6 heteroatoms. The van der Waals surface area contributed by atoms with Gasteiger partial charge in [0.05, 0.1) is 12.7 Å². The quantitative estimate of drug-likeness (QED) is 0.335. The van der Waals surface area contributed by atoms with Crippen LogP contribution in [0.1, 0.15) is 30.9 Å². The number of hydrogen-bond acceptors (Lipinski definition) is 5. The summed E-state index contributed by atoms with van der Waals surface area (Å²) in [5, 5.41) is 22.0. The van der Waals surface area contributed by atoms with Crippen LogP contribution in [-0.2, 0) is 6.54 Å². The zero-order valence-corrected chi connectivity index (χ0v) is 12.5. The largest absolute Gasteiger partial charge is 0.496 e. The van der Waals surface area contributed by atoms with Gasteiger partial charge < -0.3 is 20.8 Å². The second kappa shape index (κ2) is 6.32. The maximum absolute atomic E-state index is 10.2. The first-order valence-corrected chi connectivity index (χ1v) is 7.05. The van der Waals surface area contributed by atoms with Crippen LogP contribution in [0.25, 0.3) is 0 Å². The standard InChI is InChI=1S/C15H23N3O3/c1-15(19)6-3-7-18(10-15)9-12-8-11(14(16)17-20)4-5-13(12)21-2/h4-5,8,19-20H,3,6-7,9-10H2,1-2H3,(H2,16,17). The minimum atomic E-state index is -0.644. The third-order valence-corrected chi connectivity index (χ3v) is 3.83. The minimum absolute atomic E-state index is 0.0737. The van der Waals surface area contributed by atoms with Gasteiger partial charge in [0.25, 0.3) is 0 Å². The molecule has 0 spiro atoms. The molecule has 0 aromatic heterocycles. The lowest BCUT2D eigenvalue weighted by molar-refractivity contribution is -0.0183. The summed E-state index contributed by atoms with van der Waals surface area (Å²) in [6.07, 6.45) is 1.79. The van der Waals surface area contributed by atoms with Crippen LogP contribution in [0.5, 0.6) is 5.75 Å². The molecule has 1 aliphatic heterocycles. The number of likely N-dealkylation sites (tertiary alicyclic amines) is 1. The normalized spacial score (nSPS) is 24.0. The summed E-state index contributed by atoms with van der Waals surface area (Å²) in [6, 6.07) is 5.42. The fourth-order valence-electron chi connectivity index (χ4n) is 2.82. The van der Waals surface area contributed by atoms with Crippen molar-refractivity contribution in [2.45, 2.75) is 31.9 Å². The maximum Gasteiger partial charge on any atom is 0.170 e. The molecule has 1 aromatic rings. The Morgan fingerprint density at radius 2 is 2.29 bits per heavy atom. The number of piperidine rings is 1. The average Bonchev–Trinajstić information content (AvgIpc) is 2.45. The van der Waals surface area contributed by atoms with Gasteiger partial charge in [-0.15, -0.1) is 0 Å². The number of ether oxygens (including phenoxy) is 1. The number of nitrogens with zero attached hydrogens (tertiary/aromatic N) is 2. The number of oxime groups is 1. The monoisotopic (exact) mass is 293 g/mol. The van der Waals surface area contributed by atoms with E-state index in [2.05, 4.69) is 10.1 Å². The molecule has 6 nitrogen and oxygen atoms in total. The molecule has 0 radical (unpaired) electrons. The summed E-state index contributed by atoms with van der Waals surface area (Å²) in [5.74, 6) is 0.833. The highest BCUT2D eigenvalue weighted by Gasteiger charge is 2.28. The molecule has 1 aromatic carbocycles. The summed E-state index contributed by atoms with van der Waals surface area (Å²) < 4.78 is 5.37. The molecular formula is C15H23N3O3. The van der Waals surface area contributed by atoms with Crippen LogP contribution in [0, 0.1) is 0 Å². The van der Waals surface area contributed by atoms with Gasteiger partial charge in [-0.3, -0.25) is 4.90 Å². The molecule has 1 saturated heterocycles. The highest BCUT2D eigenvalue weighted by Crippen LogP contribution is 2.26. The molecule has 0 saturated carbocycles. The number of rotatable bonds is 4. The summed E-state index contributed by atoms with van der Waals surface area (Å²) >= 11 is 0. The molecule has 0 aliphatic carbocycles. The van der Waals surface area contributed by atoms with E-state index in [1.807, 2.05) is 19.1 Å². The van der Waals surface area contributed by atoms with Crippen molar-refractivity contribution >= 4 is 5.84 Å². The van der Waals surface area contributed by atoms with Crippen molar-refractivity contribution in [1.29, 1.82) is 0 Å². The molecule has 1 heterocycles.